The Morgan fingerprint density at radius 2 is 1.73 bits per heavy atom. The molecule has 2 fully saturated rings. The molecule has 9 rings (SSSR count). The van der Waals surface area contributed by atoms with Crippen molar-refractivity contribution in [3.05, 3.63) is 81.1 Å². The van der Waals surface area contributed by atoms with Gasteiger partial charge in [0.05, 0.1) is 23.7 Å². The highest BCUT2D eigenvalue weighted by Crippen LogP contribution is 2.44. The minimum Gasteiger partial charge on any atom is -0.482 e. The van der Waals surface area contributed by atoms with Crippen molar-refractivity contribution in [3.8, 4) is 28.4 Å². The molecule has 2 amide bonds. The SMILES string of the molecule is C[C@@H](Oc1cc(-c2cnn(C3CCN(C(=O)OCCC(=O)N4CCC(CCn5c(Sc6cc7c(cc6Br)OCO7)nc6c(N)ncnc65)CC4)CC3)c2)cnc1N)c1c(Cl)ccc(F)c1Cl. The fourth-order valence-electron chi connectivity index (χ4n) is 8.42. The molecule has 1 atom stereocenters. The van der Waals surface area contributed by atoms with Crippen molar-refractivity contribution >= 4 is 85.7 Å². The van der Waals surface area contributed by atoms with Crippen molar-refractivity contribution < 1.29 is 32.9 Å². The van der Waals surface area contributed by atoms with E-state index in [9.17, 15) is 14.0 Å². The van der Waals surface area contributed by atoms with Gasteiger partial charge in [-0.25, -0.2) is 29.1 Å². The molecule has 6 aromatic rings. The maximum atomic E-state index is 14.2. The summed E-state index contributed by atoms with van der Waals surface area (Å²) in [5.41, 5.74) is 15.4. The number of ether oxygens (including phenoxy) is 4. The summed E-state index contributed by atoms with van der Waals surface area (Å²) in [6.45, 7) is 4.79. The topological polar surface area (TPSA) is 204 Å². The molecule has 0 aliphatic carbocycles. The summed E-state index contributed by atoms with van der Waals surface area (Å²) in [5.74, 6) is 1.88. The third-order valence-corrected chi connectivity index (χ3v) is 14.8. The lowest BCUT2D eigenvalue weighted by Gasteiger charge is -2.33. The van der Waals surface area contributed by atoms with Gasteiger partial charge in [-0.15, -0.1) is 0 Å². The number of benzene rings is 2. The first-order valence-corrected chi connectivity index (χ1v) is 23.8. The molecule has 3 aliphatic rings. The van der Waals surface area contributed by atoms with Crippen LogP contribution < -0.4 is 25.7 Å². The summed E-state index contributed by atoms with van der Waals surface area (Å²) in [5, 5.41) is 5.49. The second-order valence-corrected chi connectivity index (χ2v) is 18.9. The maximum absolute atomic E-state index is 14.2. The summed E-state index contributed by atoms with van der Waals surface area (Å²) >= 11 is 17.7. The second kappa shape index (κ2) is 19.7. The molecule has 7 heterocycles. The molecule has 346 valence electrons. The van der Waals surface area contributed by atoms with E-state index in [4.69, 9.17) is 58.6 Å². The molecule has 0 radical (unpaired) electrons. The minimum atomic E-state index is -0.715. The van der Waals surface area contributed by atoms with Gasteiger partial charge in [0, 0.05) is 76.2 Å². The monoisotopic (exact) mass is 1020 g/mol. The van der Waals surface area contributed by atoms with Gasteiger partial charge < -0.3 is 44.8 Å². The smallest absolute Gasteiger partial charge is 0.409 e. The number of rotatable bonds is 13. The summed E-state index contributed by atoms with van der Waals surface area (Å²) in [7, 11) is 0. The Morgan fingerprint density at radius 1 is 0.970 bits per heavy atom. The number of carbonyl (C=O) groups excluding carboxylic acids is 2. The van der Waals surface area contributed by atoms with Gasteiger partial charge in [0.25, 0.3) is 0 Å². The standard InChI is InChI=1S/C44H45BrCl2FN11O6S/c1-24(37-30(46)2-3-31(48)38(37)47)65-34-16-26(19-51-40(34)49)27-20-54-59(21-27)28-7-12-57(13-8-28)44(61)62-15-9-36(60)56-10-4-25(5-11-56)6-14-58-42-39(41(50)52-22-53-42)55-43(58)66-35-18-33-32(17-29(35)45)63-23-64-33/h2-3,16-22,24-25,28H,4-15,23H2,1H3,(H2,49,51)(H2,50,52,53)/t24-/m1/s1. The number of halogens is 4. The van der Waals surface area contributed by atoms with E-state index in [-0.39, 0.29) is 53.4 Å². The first kappa shape index (κ1) is 45.6. The van der Waals surface area contributed by atoms with Crippen LogP contribution in [0.4, 0.5) is 20.8 Å². The van der Waals surface area contributed by atoms with Crippen molar-refractivity contribution in [2.24, 2.45) is 5.92 Å². The summed E-state index contributed by atoms with van der Waals surface area (Å²) in [6.07, 6.45) is 9.62. The molecule has 4 N–H and O–H groups in total. The molecule has 66 heavy (non-hydrogen) atoms. The number of anilines is 2. The molecule has 2 saturated heterocycles. The van der Waals surface area contributed by atoms with Crippen LogP contribution in [0.2, 0.25) is 10.0 Å². The number of nitrogens with two attached hydrogens (primary N) is 2. The van der Waals surface area contributed by atoms with Crippen molar-refractivity contribution in [2.75, 3.05) is 51.0 Å². The Kier molecular flexibility index (Phi) is 13.6. The number of imidazole rings is 1. The Balaban J connectivity index is 0.713. The number of pyridine rings is 1. The normalized spacial score (nSPS) is 16.0. The van der Waals surface area contributed by atoms with E-state index in [0.717, 1.165) is 39.4 Å². The molecular weight excluding hydrogens is 980 g/mol. The van der Waals surface area contributed by atoms with E-state index in [1.54, 1.807) is 30.3 Å². The third-order valence-electron chi connectivity index (χ3n) is 12.1. The number of piperidine rings is 2. The number of carbonyl (C=O) groups is 2. The number of nitrogens with zero attached hydrogens (tertiary/aromatic N) is 9. The van der Waals surface area contributed by atoms with Crippen LogP contribution in [0.15, 0.2) is 69.8 Å². The van der Waals surface area contributed by atoms with Gasteiger partial charge in [-0.1, -0.05) is 35.0 Å². The lowest BCUT2D eigenvalue weighted by Crippen LogP contribution is -2.41. The van der Waals surface area contributed by atoms with Gasteiger partial charge in [0.1, 0.15) is 24.9 Å². The van der Waals surface area contributed by atoms with E-state index in [2.05, 4.69) is 40.5 Å². The van der Waals surface area contributed by atoms with E-state index in [0.29, 0.717) is 91.1 Å². The molecule has 0 spiro atoms. The van der Waals surface area contributed by atoms with Crippen molar-refractivity contribution in [2.45, 2.75) is 74.2 Å². The van der Waals surface area contributed by atoms with Crippen LogP contribution in [0.5, 0.6) is 17.2 Å². The highest BCUT2D eigenvalue weighted by atomic mass is 79.9. The molecule has 2 aromatic carbocycles. The van der Waals surface area contributed by atoms with Crippen molar-refractivity contribution in [1.29, 1.82) is 0 Å². The zero-order chi connectivity index (χ0) is 46.1. The van der Waals surface area contributed by atoms with E-state index < -0.39 is 18.0 Å². The predicted octanol–water partition coefficient (Wildman–Crippen LogP) is 8.97. The molecule has 0 bridgehead atoms. The minimum absolute atomic E-state index is 0.0150. The Morgan fingerprint density at radius 3 is 2.52 bits per heavy atom. The fourth-order valence-corrected chi connectivity index (χ4v) is 10.6. The number of hydrogen-bond donors (Lipinski definition) is 2. The molecule has 0 unspecified atom stereocenters. The molecule has 3 aliphatic heterocycles. The predicted molar refractivity (Wildman–Crippen MR) is 249 cm³/mol. The van der Waals surface area contributed by atoms with Gasteiger partial charge >= 0.3 is 6.09 Å². The van der Waals surface area contributed by atoms with Gasteiger partial charge in [-0.2, -0.15) is 5.10 Å². The van der Waals surface area contributed by atoms with Gasteiger partial charge in [-0.05, 0) is 91.2 Å². The maximum Gasteiger partial charge on any atom is 0.409 e. The van der Waals surface area contributed by atoms with E-state index >= 15 is 0 Å². The van der Waals surface area contributed by atoms with Crippen LogP contribution in [0.1, 0.15) is 63.2 Å². The van der Waals surface area contributed by atoms with Crippen LogP contribution in [0.25, 0.3) is 22.3 Å². The average molecular weight is 1030 g/mol. The van der Waals surface area contributed by atoms with E-state index in [1.165, 1.54) is 30.2 Å². The van der Waals surface area contributed by atoms with Crippen LogP contribution in [-0.2, 0) is 16.1 Å². The molecule has 0 saturated carbocycles. The molecular formula is C44H45BrCl2FN11O6S. The summed E-state index contributed by atoms with van der Waals surface area (Å²) < 4.78 is 41.8. The number of fused-ring (bicyclic) bond motifs is 2. The van der Waals surface area contributed by atoms with E-state index in [1.807, 2.05) is 27.9 Å². The number of nitrogen functional groups attached to an aromatic ring is 2. The third kappa shape index (κ3) is 9.77. The zero-order valence-corrected chi connectivity index (χ0v) is 39.6. The number of aryl methyl sites for hydroxylation is 1. The first-order chi connectivity index (χ1) is 31.9. The lowest BCUT2D eigenvalue weighted by atomic mass is 9.93. The molecule has 22 heteroatoms. The Bertz CT molecular complexity index is 2790. The van der Waals surface area contributed by atoms with Crippen molar-refractivity contribution in [3.63, 3.8) is 0 Å². The summed E-state index contributed by atoms with van der Waals surface area (Å²) in [6, 6.07) is 8.23. The first-order valence-electron chi connectivity index (χ1n) is 21.4. The highest BCUT2D eigenvalue weighted by molar-refractivity contribution is 9.10. The number of likely N-dealkylation sites (tertiary alicyclic amines) is 2. The van der Waals surface area contributed by atoms with Crippen LogP contribution in [0.3, 0.4) is 0 Å². The fraction of sp³-hybridized carbons (Fsp3) is 0.386. The number of hydrogen-bond acceptors (Lipinski definition) is 14. The quantitative estimate of drug-likeness (QED) is 0.104. The zero-order valence-electron chi connectivity index (χ0n) is 35.7. The largest absolute Gasteiger partial charge is 0.482 e. The van der Waals surface area contributed by atoms with Crippen LogP contribution in [-0.4, -0.2) is 95.7 Å². The number of aromatic nitrogens is 7. The van der Waals surface area contributed by atoms with Crippen molar-refractivity contribution in [1.82, 2.24) is 44.1 Å². The Labute approximate surface area is 401 Å². The molecule has 4 aromatic heterocycles. The van der Waals surface area contributed by atoms with Crippen LogP contribution in [0, 0.1) is 11.7 Å². The molecule has 17 nitrogen and oxygen atoms in total. The average Bonchev–Trinajstić information content (AvgIpc) is 4.08. The van der Waals surface area contributed by atoms with Gasteiger partial charge in [-0.3, -0.25) is 9.48 Å². The van der Waals surface area contributed by atoms with Gasteiger partial charge in [0.2, 0.25) is 12.7 Å². The second-order valence-electron chi connectivity index (χ2n) is 16.2. The highest BCUT2D eigenvalue weighted by Gasteiger charge is 2.28. The van der Waals surface area contributed by atoms with Crippen LogP contribution >= 0.6 is 50.9 Å². The number of amides is 2. The summed E-state index contributed by atoms with van der Waals surface area (Å²) in [4.78, 5) is 48.5. The lowest BCUT2D eigenvalue weighted by molar-refractivity contribution is -0.133. The Hall–Kier alpha value is -5.57. The van der Waals surface area contributed by atoms with Gasteiger partial charge in [0.15, 0.2) is 45.2 Å².